The van der Waals surface area contributed by atoms with Gasteiger partial charge < -0.3 is 19.8 Å². The second-order valence-corrected chi connectivity index (χ2v) is 7.31. The van der Waals surface area contributed by atoms with Crippen molar-refractivity contribution in [2.24, 2.45) is 0 Å². The molecular formula is C19H16ClFN2O6. The molecule has 2 aliphatic heterocycles. The molecule has 1 aromatic carbocycles. The van der Waals surface area contributed by atoms with Gasteiger partial charge in [0.15, 0.2) is 5.75 Å². The number of pyridine rings is 1. The van der Waals surface area contributed by atoms with Crippen molar-refractivity contribution in [2.45, 2.75) is 25.6 Å². The van der Waals surface area contributed by atoms with E-state index in [9.17, 15) is 29.0 Å². The van der Waals surface area contributed by atoms with E-state index in [0.717, 1.165) is 4.57 Å². The van der Waals surface area contributed by atoms with Crippen LogP contribution in [-0.4, -0.2) is 50.8 Å². The van der Waals surface area contributed by atoms with Crippen molar-refractivity contribution in [3.8, 4) is 5.75 Å². The SMILES string of the molecule is O=C1OC(CO)Cn2c1c1c(c(O)c2=O)C(=O)N(Cc2ccc(F)c(Cl)c2)CC1. The maximum Gasteiger partial charge on any atom is 0.355 e. The topological polar surface area (TPSA) is 109 Å². The van der Waals surface area contributed by atoms with Crippen LogP contribution in [0.2, 0.25) is 5.02 Å². The quantitative estimate of drug-likeness (QED) is 0.716. The van der Waals surface area contributed by atoms with Gasteiger partial charge in [-0.1, -0.05) is 17.7 Å². The molecule has 1 amide bonds. The predicted molar refractivity (Wildman–Crippen MR) is 98.5 cm³/mol. The van der Waals surface area contributed by atoms with Gasteiger partial charge in [0.1, 0.15) is 17.6 Å². The van der Waals surface area contributed by atoms with Crippen molar-refractivity contribution >= 4 is 23.5 Å². The third-order valence-electron chi connectivity index (χ3n) is 5.09. The van der Waals surface area contributed by atoms with Crippen molar-refractivity contribution in [3.05, 3.63) is 61.8 Å². The minimum absolute atomic E-state index is 0.0784. The molecule has 0 spiro atoms. The van der Waals surface area contributed by atoms with Crippen molar-refractivity contribution in [1.82, 2.24) is 9.47 Å². The molecule has 2 aliphatic rings. The molecule has 152 valence electrons. The molecule has 0 bridgehead atoms. The van der Waals surface area contributed by atoms with Gasteiger partial charge in [-0.3, -0.25) is 14.2 Å². The molecule has 1 unspecified atom stereocenters. The number of esters is 1. The van der Waals surface area contributed by atoms with Crippen molar-refractivity contribution in [2.75, 3.05) is 13.2 Å². The van der Waals surface area contributed by atoms with Crippen LogP contribution in [0.5, 0.6) is 5.75 Å². The van der Waals surface area contributed by atoms with Gasteiger partial charge in [0, 0.05) is 18.7 Å². The summed E-state index contributed by atoms with van der Waals surface area (Å²) in [5.74, 6) is -2.78. The monoisotopic (exact) mass is 422 g/mol. The first-order valence-electron chi connectivity index (χ1n) is 8.85. The number of rotatable bonds is 3. The smallest absolute Gasteiger partial charge is 0.355 e. The Hall–Kier alpha value is -2.91. The number of aromatic hydroxyl groups is 1. The van der Waals surface area contributed by atoms with Gasteiger partial charge in [-0.25, -0.2) is 9.18 Å². The van der Waals surface area contributed by atoms with Crippen LogP contribution in [0.3, 0.4) is 0 Å². The molecule has 8 nitrogen and oxygen atoms in total. The van der Waals surface area contributed by atoms with Crippen LogP contribution in [0.4, 0.5) is 4.39 Å². The van der Waals surface area contributed by atoms with Crippen LogP contribution in [0.15, 0.2) is 23.0 Å². The number of nitrogens with zero attached hydrogens (tertiary/aromatic N) is 2. The van der Waals surface area contributed by atoms with Crippen LogP contribution >= 0.6 is 11.6 Å². The van der Waals surface area contributed by atoms with Crippen molar-refractivity contribution in [1.29, 1.82) is 0 Å². The lowest BCUT2D eigenvalue weighted by Crippen LogP contribution is -2.45. The van der Waals surface area contributed by atoms with Gasteiger partial charge >= 0.3 is 5.97 Å². The number of carbonyl (C=O) groups is 2. The molecule has 4 rings (SSSR count). The van der Waals surface area contributed by atoms with Crippen LogP contribution in [0.1, 0.15) is 32.0 Å². The summed E-state index contributed by atoms with van der Waals surface area (Å²) >= 11 is 5.78. The Morgan fingerprint density at radius 2 is 2.03 bits per heavy atom. The number of cyclic esters (lactones) is 1. The summed E-state index contributed by atoms with van der Waals surface area (Å²) in [5.41, 5.74) is -0.395. The molecule has 0 aliphatic carbocycles. The maximum absolute atomic E-state index is 13.4. The molecule has 2 aromatic rings. The Kier molecular flexibility index (Phi) is 4.79. The van der Waals surface area contributed by atoms with E-state index in [1.54, 1.807) is 0 Å². The number of halogens is 2. The van der Waals surface area contributed by atoms with Gasteiger partial charge in [0.05, 0.1) is 23.7 Å². The highest BCUT2D eigenvalue weighted by atomic mass is 35.5. The van der Waals surface area contributed by atoms with Gasteiger partial charge in [0.25, 0.3) is 11.5 Å². The summed E-state index contributed by atoms with van der Waals surface area (Å²) in [5, 5.41) is 19.6. The predicted octanol–water partition coefficient (Wildman–Crippen LogP) is 1.08. The first kappa shape index (κ1) is 19.4. The number of benzene rings is 1. The number of aliphatic hydroxyl groups excluding tert-OH is 1. The Labute approximate surface area is 168 Å². The number of aromatic nitrogens is 1. The first-order chi connectivity index (χ1) is 13.8. The second kappa shape index (κ2) is 7.16. The Morgan fingerprint density at radius 1 is 1.28 bits per heavy atom. The van der Waals surface area contributed by atoms with Gasteiger partial charge in [0.2, 0.25) is 0 Å². The molecule has 10 heteroatoms. The fourth-order valence-corrected chi connectivity index (χ4v) is 3.90. The fraction of sp³-hybridized carbons (Fsp3) is 0.316. The largest absolute Gasteiger partial charge is 0.502 e. The summed E-state index contributed by atoms with van der Waals surface area (Å²) in [6, 6.07) is 4.07. The number of carbonyl (C=O) groups excluding carboxylic acids is 2. The number of hydrogen-bond acceptors (Lipinski definition) is 6. The van der Waals surface area contributed by atoms with E-state index < -0.39 is 41.7 Å². The van der Waals surface area contributed by atoms with Crippen molar-refractivity contribution < 1.29 is 28.9 Å². The summed E-state index contributed by atoms with van der Waals surface area (Å²) in [6.45, 7) is -0.277. The maximum atomic E-state index is 13.4. The second-order valence-electron chi connectivity index (χ2n) is 6.90. The molecule has 0 saturated heterocycles. The summed E-state index contributed by atoms with van der Waals surface area (Å²) < 4.78 is 19.5. The summed E-state index contributed by atoms with van der Waals surface area (Å²) in [6.07, 6.45) is -0.693. The molecule has 0 saturated carbocycles. The molecule has 2 N–H and O–H groups in total. The molecule has 0 radical (unpaired) electrons. The fourth-order valence-electron chi connectivity index (χ4n) is 3.70. The number of aliphatic hydroxyl groups is 1. The lowest BCUT2D eigenvalue weighted by atomic mass is 9.95. The minimum Gasteiger partial charge on any atom is -0.502 e. The summed E-state index contributed by atoms with van der Waals surface area (Å²) in [7, 11) is 0. The standard InChI is InChI=1S/C19H16ClFN2O6/c20-12-5-9(1-2-13(12)21)6-22-4-3-11-14(17(22)26)16(25)18(27)23-7-10(8-24)29-19(28)15(11)23/h1-2,5,10,24-25H,3-4,6-8H2. The lowest BCUT2D eigenvalue weighted by molar-refractivity contribution is -0.00288. The van der Waals surface area contributed by atoms with Gasteiger partial charge in [-0.2, -0.15) is 0 Å². The van der Waals surface area contributed by atoms with E-state index in [2.05, 4.69) is 0 Å². The lowest BCUT2D eigenvalue weighted by Gasteiger charge is -2.33. The molecule has 29 heavy (non-hydrogen) atoms. The molecule has 0 fully saturated rings. The van der Waals surface area contributed by atoms with Crippen molar-refractivity contribution in [3.63, 3.8) is 0 Å². The highest BCUT2D eigenvalue weighted by Gasteiger charge is 2.38. The molecule has 3 heterocycles. The average Bonchev–Trinajstić information content (AvgIpc) is 2.70. The number of hydrogen-bond donors (Lipinski definition) is 2. The van der Waals surface area contributed by atoms with E-state index in [-0.39, 0.29) is 47.9 Å². The number of amides is 1. The highest BCUT2D eigenvalue weighted by molar-refractivity contribution is 6.30. The minimum atomic E-state index is -0.899. The number of ether oxygens (including phenoxy) is 1. The van der Waals surface area contributed by atoms with Gasteiger partial charge in [-0.15, -0.1) is 0 Å². The van der Waals surface area contributed by atoms with E-state index in [1.807, 2.05) is 0 Å². The first-order valence-corrected chi connectivity index (χ1v) is 9.23. The zero-order valence-corrected chi connectivity index (χ0v) is 15.8. The third kappa shape index (κ3) is 3.16. The summed E-state index contributed by atoms with van der Waals surface area (Å²) in [4.78, 5) is 39.3. The van der Waals surface area contributed by atoms with Crippen LogP contribution < -0.4 is 5.56 Å². The Bertz CT molecular complexity index is 1100. The normalized spacial score (nSPS) is 18.3. The van der Waals surface area contributed by atoms with E-state index in [0.29, 0.717) is 5.56 Å². The van der Waals surface area contributed by atoms with E-state index in [4.69, 9.17) is 16.3 Å². The average molecular weight is 423 g/mol. The zero-order chi connectivity index (χ0) is 20.9. The zero-order valence-electron chi connectivity index (χ0n) is 15.0. The molecule has 1 aromatic heterocycles. The third-order valence-corrected chi connectivity index (χ3v) is 5.38. The molecular weight excluding hydrogens is 407 g/mol. The van der Waals surface area contributed by atoms with E-state index in [1.165, 1.54) is 23.1 Å². The van der Waals surface area contributed by atoms with Crippen LogP contribution in [0.25, 0.3) is 0 Å². The van der Waals surface area contributed by atoms with Crippen LogP contribution in [-0.2, 0) is 24.2 Å². The Balaban J connectivity index is 1.74. The highest BCUT2D eigenvalue weighted by Crippen LogP contribution is 2.31. The van der Waals surface area contributed by atoms with Gasteiger partial charge in [-0.05, 0) is 24.1 Å². The molecule has 1 atom stereocenters. The van der Waals surface area contributed by atoms with E-state index >= 15 is 0 Å². The number of fused-ring (bicyclic) bond motifs is 3. The van der Waals surface area contributed by atoms with Crippen LogP contribution in [0, 0.1) is 5.82 Å². The Morgan fingerprint density at radius 3 is 2.72 bits per heavy atom.